The molecule has 0 saturated heterocycles. The van der Waals surface area contributed by atoms with Crippen LogP contribution in [-0.2, 0) is 56.9 Å². The highest BCUT2D eigenvalue weighted by atomic mass is 16.6. The summed E-state index contributed by atoms with van der Waals surface area (Å²) >= 11 is 0. The number of ether oxygens (including phenoxy) is 11. The topological polar surface area (TPSA) is 176 Å². The highest BCUT2D eigenvalue weighted by Crippen LogP contribution is 2.21. The summed E-state index contributed by atoms with van der Waals surface area (Å²) in [5, 5.41) is 8.49. The molecular weight excluding hydrogens is 650 g/mol. The van der Waals surface area contributed by atoms with Crippen molar-refractivity contribution < 1.29 is 71.6 Å². The van der Waals surface area contributed by atoms with Gasteiger partial charge >= 0.3 is 5.97 Å². The number of hydrogen-bond acceptors (Lipinski definition) is 14. The fourth-order valence-corrected chi connectivity index (χ4v) is 4.06. The normalized spacial score (nSPS) is 12.7. The average Bonchev–Trinajstić information content (AvgIpc) is 3.34. The molecule has 0 aromatic heterocycles. The summed E-state index contributed by atoms with van der Waals surface area (Å²) in [6.07, 6.45) is -0.00877. The molecule has 0 bridgehead atoms. The van der Waals surface area contributed by atoms with Crippen molar-refractivity contribution >= 4 is 17.8 Å². The minimum Gasteiger partial charge on any atom is -0.481 e. The Balaban J connectivity index is 1.17. The molecule has 280 valence electrons. The van der Waals surface area contributed by atoms with Gasteiger partial charge in [0.15, 0.2) is 0 Å². The van der Waals surface area contributed by atoms with E-state index in [4.69, 9.17) is 57.2 Å². The Labute approximate surface area is 288 Å². The van der Waals surface area contributed by atoms with Gasteiger partial charge in [0, 0.05) is 0 Å². The van der Waals surface area contributed by atoms with Gasteiger partial charge in [-0.2, -0.15) is 0 Å². The van der Waals surface area contributed by atoms with E-state index in [1.54, 1.807) is 24.3 Å². The summed E-state index contributed by atoms with van der Waals surface area (Å²) in [7, 11) is 0. The van der Waals surface area contributed by atoms with Crippen molar-refractivity contribution in [1.82, 2.24) is 4.90 Å². The van der Waals surface area contributed by atoms with Crippen LogP contribution >= 0.6 is 0 Å². The summed E-state index contributed by atoms with van der Waals surface area (Å²) in [5.74, 6) is -1.45. The molecule has 16 heteroatoms. The molecule has 1 N–H and O–H groups in total. The molecule has 1 aliphatic heterocycles. The Morgan fingerprint density at radius 2 is 0.673 bits per heavy atom. The van der Waals surface area contributed by atoms with Gasteiger partial charge in [-0.15, -0.1) is 0 Å². The molecule has 0 atom stereocenters. The number of imide groups is 1. The van der Waals surface area contributed by atoms with E-state index < -0.39 is 5.97 Å². The molecule has 0 unspecified atom stereocenters. The van der Waals surface area contributed by atoms with Crippen LogP contribution in [0.1, 0.15) is 27.1 Å². The highest BCUT2D eigenvalue weighted by molar-refractivity contribution is 6.21. The van der Waals surface area contributed by atoms with Crippen LogP contribution in [0.5, 0.6) is 0 Å². The SMILES string of the molecule is O=C(O)CCOCCOCCOCCOCCOCCOCCOCCOCCOCCOCCOCCN1C(=O)c2ccccc2C1=O. The Hall–Kier alpha value is -2.61. The molecular formula is C33H53NO15. The summed E-state index contributed by atoms with van der Waals surface area (Å²) in [6.45, 7) is 9.50. The van der Waals surface area contributed by atoms with E-state index in [-0.39, 0.29) is 38.0 Å². The molecule has 1 aliphatic rings. The lowest BCUT2D eigenvalue weighted by Crippen LogP contribution is -2.33. The van der Waals surface area contributed by atoms with E-state index in [0.29, 0.717) is 143 Å². The van der Waals surface area contributed by atoms with Crippen LogP contribution < -0.4 is 0 Å². The van der Waals surface area contributed by atoms with Crippen LogP contribution in [0.25, 0.3) is 0 Å². The van der Waals surface area contributed by atoms with Gasteiger partial charge in [0.25, 0.3) is 11.8 Å². The van der Waals surface area contributed by atoms with Crippen molar-refractivity contribution in [2.45, 2.75) is 6.42 Å². The zero-order valence-electron chi connectivity index (χ0n) is 28.4. The molecule has 1 heterocycles. The van der Waals surface area contributed by atoms with Crippen molar-refractivity contribution in [2.24, 2.45) is 0 Å². The van der Waals surface area contributed by atoms with Gasteiger partial charge in [0.1, 0.15) is 0 Å². The molecule has 1 aromatic carbocycles. The van der Waals surface area contributed by atoms with Gasteiger partial charge in [-0.25, -0.2) is 0 Å². The molecule has 2 rings (SSSR count). The first-order chi connectivity index (χ1) is 24.1. The Kier molecular flexibility index (Phi) is 26.3. The van der Waals surface area contributed by atoms with Crippen molar-refractivity contribution in [2.75, 3.05) is 152 Å². The van der Waals surface area contributed by atoms with Gasteiger partial charge in [-0.1, -0.05) is 12.1 Å². The van der Waals surface area contributed by atoms with Crippen molar-refractivity contribution in [3.05, 3.63) is 35.4 Å². The summed E-state index contributed by atoms with van der Waals surface area (Å²) in [6, 6.07) is 6.80. The van der Waals surface area contributed by atoms with Crippen molar-refractivity contribution in [3.8, 4) is 0 Å². The lowest BCUT2D eigenvalue weighted by molar-refractivity contribution is -0.138. The van der Waals surface area contributed by atoms with Crippen LogP contribution in [0, 0.1) is 0 Å². The fourth-order valence-electron chi connectivity index (χ4n) is 4.06. The second-order valence-corrected chi connectivity index (χ2v) is 10.2. The quantitative estimate of drug-likeness (QED) is 0.0771. The second kappa shape index (κ2) is 30.2. The lowest BCUT2D eigenvalue weighted by Gasteiger charge is -2.13. The van der Waals surface area contributed by atoms with Crippen LogP contribution in [-0.4, -0.2) is 180 Å². The summed E-state index contributed by atoms with van der Waals surface area (Å²) < 4.78 is 59.5. The first kappa shape index (κ1) is 42.6. The third-order valence-electron chi connectivity index (χ3n) is 6.52. The van der Waals surface area contributed by atoms with Crippen LogP contribution in [0.15, 0.2) is 24.3 Å². The third-order valence-corrected chi connectivity index (χ3v) is 6.52. The third kappa shape index (κ3) is 22.0. The standard InChI is InChI=1S/C33H53NO15/c35-31(36)5-7-39-9-11-41-13-15-43-17-19-45-21-23-47-25-27-49-28-26-48-24-22-46-20-18-44-16-14-42-12-10-40-8-6-34-32(37)29-3-1-2-4-30(29)33(34)38/h1-4H,5-28H2,(H,35,36). The molecule has 2 amide bonds. The number of aliphatic carboxylic acids is 1. The molecule has 1 aromatic rings. The number of carbonyl (C=O) groups is 3. The maximum atomic E-state index is 12.3. The number of carboxylic acids is 1. The number of benzene rings is 1. The van der Waals surface area contributed by atoms with Crippen LogP contribution in [0.4, 0.5) is 0 Å². The molecule has 0 saturated carbocycles. The minimum absolute atomic E-state index is 0.00877. The molecule has 49 heavy (non-hydrogen) atoms. The average molecular weight is 704 g/mol. The smallest absolute Gasteiger partial charge is 0.305 e. The summed E-state index contributed by atoms with van der Waals surface area (Å²) in [4.78, 5) is 36.1. The number of fused-ring (bicyclic) bond motifs is 1. The van der Waals surface area contributed by atoms with E-state index in [1.807, 2.05) is 0 Å². The summed E-state index contributed by atoms with van der Waals surface area (Å²) in [5.41, 5.74) is 0.874. The lowest BCUT2D eigenvalue weighted by atomic mass is 10.1. The predicted octanol–water partition coefficient (Wildman–Crippen LogP) is 0.940. The number of amides is 2. The Morgan fingerprint density at radius 1 is 0.429 bits per heavy atom. The number of rotatable bonds is 36. The Morgan fingerprint density at radius 3 is 0.939 bits per heavy atom. The first-order valence-electron chi connectivity index (χ1n) is 16.6. The number of hydrogen-bond donors (Lipinski definition) is 1. The van der Waals surface area contributed by atoms with Gasteiger partial charge < -0.3 is 57.2 Å². The highest BCUT2D eigenvalue weighted by Gasteiger charge is 2.34. The predicted molar refractivity (Wildman–Crippen MR) is 173 cm³/mol. The zero-order valence-corrected chi connectivity index (χ0v) is 28.4. The van der Waals surface area contributed by atoms with Crippen molar-refractivity contribution in [1.29, 1.82) is 0 Å². The maximum absolute atomic E-state index is 12.3. The number of carboxylic acid groups (broad SMARTS) is 1. The zero-order chi connectivity index (χ0) is 35.0. The molecule has 0 radical (unpaired) electrons. The monoisotopic (exact) mass is 703 g/mol. The first-order valence-corrected chi connectivity index (χ1v) is 16.6. The van der Waals surface area contributed by atoms with E-state index in [2.05, 4.69) is 0 Å². The molecule has 0 spiro atoms. The Bertz CT molecular complexity index is 964. The fraction of sp³-hybridized carbons (Fsp3) is 0.727. The van der Waals surface area contributed by atoms with Gasteiger partial charge in [-0.3, -0.25) is 19.3 Å². The van der Waals surface area contributed by atoms with E-state index in [1.165, 1.54) is 4.90 Å². The largest absolute Gasteiger partial charge is 0.481 e. The van der Waals surface area contributed by atoms with Gasteiger partial charge in [0.05, 0.1) is 169 Å². The second-order valence-electron chi connectivity index (χ2n) is 10.2. The maximum Gasteiger partial charge on any atom is 0.305 e. The van der Waals surface area contributed by atoms with Crippen LogP contribution in [0.3, 0.4) is 0 Å². The number of carbonyl (C=O) groups excluding carboxylic acids is 2. The number of nitrogens with zero attached hydrogens (tertiary/aromatic N) is 1. The minimum atomic E-state index is -0.880. The molecule has 0 fully saturated rings. The van der Waals surface area contributed by atoms with Crippen LogP contribution in [0.2, 0.25) is 0 Å². The van der Waals surface area contributed by atoms with E-state index >= 15 is 0 Å². The van der Waals surface area contributed by atoms with E-state index in [9.17, 15) is 14.4 Å². The molecule has 0 aliphatic carbocycles. The van der Waals surface area contributed by atoms with Gasteiger partial charge in [-0.05, 0) is 12.1 Å². The van der Waals surface area contributed by atoms with Crippen molar-refractivity contribution in [3.63, 3.8) is 0 Å². The van der Waals surface area contributed by atoms with Gasteiger partial charge in [0.2, 0.25) is 0 Å². The molecule has 16 nitrogen and oxygen atoms in total. The van der Waals surface area contributed by atoms with E-state index in [0.717, 1.165) is 0 Å².